The molecule has 1 aliphatic carbocycles. The number of pyridine rings is 1. The van der Waals surface area contributed by atoms with Crippen molar-refractivity contribution in [2.75, 3.05) is 12.1 Å². The first kappa shape index (κ1) is 24.9. The molecule has 1 amide bonds. The molecule has 2 aliphatic rings. The number of benzene rings is 3. The van der Waals surface area contributed by atoms with Gasteiger partial charge >= 0.3 is 0 Å². The Morgan fingerprint density at radius 2 is 1.77 bits per heavy atom. The zero-order valence-electron chi connectivity index (χ0n) is 21.8. The standard InChI is InChI=1S/C33H30N2O4/c1-3-28(36)20(2)25-13-14-26(31(25)33(37)35-27-11-5-7-21-10-6-16-34-32(21)27)24-9-4-8-22(17-24)23-12-15-29-30(18-23)39-19-38-29/h3-12,15-18,20,25-26,31H,1,13-14,19H2,2H3,(H,35,37)/t20?,25?,26-,31-/m1/s1. The van der Waals surface area contributed by atoms with Crippen molar-refractivity contribution >= 4 is 28.3 Å². The van der Waals surface area contributed by atoms with Gasteiger partial charge in [0.1, 0.15) is 0 Å². The number of carbonyl (C=O) groups excluding carboxylic acids is 2. The number of rotatable bonds is 7. The van der Waals surface area contributed by atoms with Crippen LogP contribution in [0.25, 0.3) is 22.0 Å². The quantitative estimate of drug-likeness (QED) is 0.273. The molecule has 4 aromatic rings. The zero-order valence-corrected chi connectivity index (χ0v) is 21.8. The van der Waals surface area contributed by atoms with Gasteiger partial charge in [0.2, 0.25) is 12.7 Å². The first-order chi connectivity index (χ1) is 19.0. The molecule has 39 heavy (non-hydrogen) atoms. The van der Waals surface area contributed by atoms with Crippen LogP contribution in [-0.2, 0) is 9.59 Å². The first-order valence-electron chi connectivity index (χ1n) is 13.3. The molecule has 1 fully saturated rings. The Hall–Kier alpha value is -4.45. The van der Waals surface area contributed by atoms with E-state index in [2.05, 4.69) is 35.1 Å². The molecule has 0 saturated heterocycles. The molecule has 196 valence electrons. The second-order valence-electron chi connectivity index (χ2n) is 10.3. The molecule has 6 heteroatoms. The Morgan fingerprint density at radius 3 is 2.64 bits per heavy atom. The summed E-state index contributed by atoms with van der Waals surface area (Å²) in [5.74, 6) is 0.549. The van der Waals surface area contributed by atoms with Crippen molar-refractivity contribution in [2.24, 2.45) is 17.8 Å². The molecule has 0 radical (unpaired) electrons. The normalized spacial score (nSPS) is 20.5. The highest BCUT2D eigenvalue weighted by molar-refractivity contribution is 6.02. The Bertz CT molecular complexity index is 1570. The van der Waals surface area contributed by atoms with Gasteiger partial charge in [0.25, 0.3) is 0 Å². The van der Waals surface area contributed by atoms with Crippen LogP contribution in [0.3, 0.4) is 0 Å². The number of carbonyl (C=O) groups is 2. The van der Waals surface area contributed by atoms with Crippen LogP contribution in [0.4, 0.5) is 5.69 Å². The monoisotopic (exact) mass is 518 g/mol. The number of hydrogen-bond donors (Lipinski definition) is 1. The van der Waals surface area contributed by atoms with Gasteiger partial charge in [-0.25, -0.2) is 0 Å². The second-order valence-corrected chi connectivity index (χ2v) is 10.3. The number of allylic oxidation sites excluding steroid dienone is 1. The number of hydrogen-bond acceptors (Lipinski definition) is 5. The van der Waals surface area contributed by atoms with Gasteiger partial charge in [-0.05, 0) is 71.7 Å². The molecular weight excluding hydrogens is 488 g/mol. The Balaban J connectivity index is 1.35. The predicted octanol–water partition coefficient (Wildman–Crippen LogP) is 6.77. The highest BCUT2D eigenvalue weighted by atomic mass is 16.7. The third kappa shape index (κ3) is 4.67. The average Bonchev–Trinajstić information content (AvgIpc) is 3.64. The van der Waals surface area contributed by atoms with Crippen molar-refractivity contribution < 1.29 is 19.1 Å². The van der Waals surface area contributed by atoms with Crippen molar-refractivity contribution in [3.05, 3.63) is 97.2 Å². The minimum atomic E-state index is -0.380. The summed E-state index contributed by atoms with van der Waals surface area (Å²) >= 11 is 0. The van der Waals surface area contributed by atoms with Crippen molar-refractivity contribution in [3.63, 3.8) is 0 Å². The zero-order chi connectivity index (χ0) is 26.9. The molecule has 1 aromatic heterocycles. The Labute approximate surface area is 227 Å². The number of nitrogens with one attached hydrogen (secondary N) is 1. The fraction of sp³-hybridized carbons (Fsp3) is 0.242. The topological polar surface area (TPSA) is 77.5 Å². The molecule has 3 aromatic carbocycles. The molecule has 1 saturated carbocycles. The molecule has 2 unspecified atom stereocenters. The van der Waals surface area contributed by atoms with Crippen LogP contribution in [0.15, 0.2) is 91.6 Å². The van der Waals surface area contributed by atoms with E-state index >= 15 is 0 Å². The summed E-state index contributed by atoms with van der Waals surface area (Å²) in [6, 6.07) is 23.9. The smallest absolute Gasteiger partial charge is 0.231 e. The molecule has 6 nitrogen and oxygen atoms in total. The summed E-state index contributed by atoms with van der Waals surface area (Å²) in [6.07, 6.45) is 4.70. The summed E-state index contributed by atoms with van der Waals surface area (Å²) in [7, 11) is 0. The van der Waals surface area contributed by atoms with E-state index < -0.39 is 0 Å². The lowest BCUT2D eigenvalue weighted by Crippen LogP contribution is -2.34. The summed E-state index contributed by atoms with van der Waals surface area (Å²) in [6.45, 7) is 5.84. The summed E-state index contributed by atoms with van der Waals surface area (Å²) < 4.78 is 11.0. The van der Waals surface area contributed by atoms with Gasteiger partial charge in [0.05, 0.1) is 11.2 Å². The van der Waals surface area contributed by atoms with Crippen molar-refractivity contribution in [3.8, 4) is 22.6 Å². The second kappa shape index (κ2) is 10.4. The van der Waals surface area contributed by atoms with E-state index in [0.29, 0.717) is 5.69 Å². The number of para-hydroxylation sites is 1. The van der Waals surface area contributed by atoms with E-state index in [1.165, 1.54) is 6.08 Å². The van der Waals surface area contributed by atoms with Gasteiger partial charge in [-0.1, -0.05) is 62.0 Å². The molecule has 0 spiro atoms. The third-order valence-corrected chi connectivity index (χ3v) is 8.21. The number of amides is 1. The van der Waals surface area contributed by atoms with Gasteiger partial charge < -0.3 is 14.8 Å². The number of ketones is 1. The third-order valence-electron chi connectivity index (χ3n) is 8.21. The number of aromatic nitrogens is 1. The van der Waals surface area contributed by atoms with Crippen LogP contribution in [0.5, 0.6) is 11.5 Å². The van der Waals surface area contributed by atoms with Gasteiger partial charge in [-0.2, -0.15) is 0 Å². The highest BCUT2D eigenvalue weighted by Gasteiger charge is 2.45. The molecular formula is C33H30N2O4. The van der Waals surface area contributed by atoms with E-state index in [0.717, 1.165) is 51.9 Å². The summed E-state index contributed by atoms with van der Waals surface area (Å²) in [5.41, 5.74) is 4.58. The first-order valence-corrected chi connectivity index (χ1v) is 13.3. The summed E-state index contributed by atoms with van der Waals surface area (Å²) in [4.78, 5) is 31.2. The molecule has 2 heterocycles. The van der Waals surface area contributed by atoms with E-state index in [4.69, 9.17) is 9.47 Å². The van der Waals surface area contributed by atoms with Crippen LogP contribution in [-0.4, -0.2) is 23.5 Å². The largest absolute Gasteiger partial charge is 0.454 e. The van der Waals surface area contributed by atoms with E-state index in [-0.39, 0.29) is 42.2 Å². The highest BCUT2D eigenvalue weighted by Crippen LogP contribution is 2.48. The maximum atomic E-state index is 14.0. The van der Waals surface area contributed by atoms with E-state index in [1.54, 1.807) is 6.20 Å². The molecule has 0 bridgehead atoms. The van der Waals surface area contributed by atoms with Crippen molar-refractivity contribution in [2.45, 2.75) is 25.7 Å². The van der Waals surface area contributed by atoms with Crippen LogP contribution in [0, 0.1) is 17.8 Å². The number of fused-ring (bicyclic) bond motifs is 2. The number of nitrogens with zero attached hydrogens (tertiary/aromatic N) is 1. The Kier molecular flexibility index (Phi) is 6.61. The average molecular weight is 519 g/mol. The van der Waals surface area contributed by atoms with Gasteiger partial charge in [0, 0.05) is 23.4 Å². The fourth-order valence-corrected chi connectivity index (χ4v) is 6.18. The maximum Gasteiger partial charge on any atom is 0.231 e. The fourth-order valence-electron chi connectivity index (χ4n) is 6.18. The lowest BCUT2D eigenvalue weighted by molar-refractivity contribution is -0.124. The maximum absolute atomic E-state index is 14.0. The number of anilines is 1. The lowest BCUT2D eigenvalue weighted by Gasteiger charge is -2.28. The van der Waals surface area contributed by atoms with E-state index in [9.17, 15) is 9.59 Å². The predicted molar refractivity (Wildman–Crippen MR) is 152 cm³/mol. The van der Waals surface area contributed by atoms with Crippen molar-refractivity contribution in [1.29, 1.82) is 0 Å². The summed E-state index contributed by atoms with van der Waals surface area (Å²) in [5, 5.41) is 4.13. The van der Waals surface area contributed by atoms with Gasteiger partial charge in [0.15, 0.2) is 17.3 Å². The van der Waals surface area contributed by atoms with Crippen molar-refractivity contribution in [1.82, 2.24) is 4.98 Å². The molecule has 4 atom stereocenters. The Morgan fingerprint density at radius 1 is 0.974 bits per heavy atom. The number of ether oxygens (including phenoxy) is 2. The minimum absolute atomic E-state index is 0.0283. The lowest BCUT2D eigenvalue weighted by atomic mass is 9.77. The SMILES string of the molecule is C=CC(=O)C(C)C1CC[C@H](c2cccc(-c3ccc4c(c3)OCO4)c2)[C@@H]1C(=O)Nc1cccc2cccnc12. The van der Waals surface area contributed by atoms with Gasteiger partial charge in [-0.15, -0.1) is 0 Å². The molecule has 1 N–H and O–H groups in total. The van der Waals surface area contributed by atoms with Gasteiger partial charge in [-0.3, -0.25) is 14.6 Å². The molecule has 1 aliphatic heterocycles. The van der Waals surface area contributed by atoms with E-state index in [1.807, 2.05) is 61.5 Å². The van der Waals surface area contributed by atoms with Crippen LogP contribution in [0.1, 0.15) is 31.2 Å². The molecule has 6 rings (SSSR count). The minimum Gasteiger partial charge on any atom is -0.454 e. The van der Waals surface area contributed by atoms with Crippen LogP contribution < -0.4 is 14.8 Å². The van der Waals surface area contributed by atoms with Crippen LogP contribution >= 0.6 is 0 Å². The van der Waals surface area contributed by atoms with Crippen LogP contribution in [0.2, 0.25) is 0 Å².